The standard InChI is InChI=1S/C11H12N4S2/c1-6-7(2)17-11(14-6)15-10-8(9(12)16)4-3-5-13-10/h3-5H,1-2H3,(H2,12,16)(H,13,14,15). The summed E-state index contributed by atoms with van der Waals surface area (Å²) in [4.78, 5) is 10.1. The Morgan fingerprint density at radius 2 is 2.24 bits per heavy atom. The van der Waals surface area contributed by atoms with E-state index >= 15 is 0 Å². The zero-order valence-corrected chi connectivity index (χ0v) is 11.2. The van der Waals surface area contributed by atoms with Crippen LogP contribution in [0.15, 0.2) is 18.3 Å². The SMILES string of the molecule is Cc1nc(Nc2ncccc2C(N)=S)sc1C. The second-order valence-electron chi connectivity index (χ2n) is 3.55. The van der Waals surface area contributed by atoms with Crippen molar-refractivity contribution >= 4 is 39.5 Å². The highest BCUT2D eigenvalue weighted by molar-refractivity contribution is 7.80. The Kier molecular flexibility index (Phi) is 3.35. The van der Waals surface area contributed by atoms with Gasteiger partial charge in [0.05, 0.1) is 11.3 Å². The van der Waals surface area contributed by atoms with Gasteiger partial charge in [-0.1, -0.05) is 12.2 Å². The van der Waals surface area contributed by atoms with Crippen molar-refractivity contribution in [2.24, 2.45) is 5.73 Å². The van der Waals surface area contributed by atoms with E-state index in [1.807, 2.05) is 19.9 Å². The predicted molar refractivity (Wildman–Crippen MR) is 75.0 cm³/mol. The summed E-state index contributed by atoms with van der Waals surface area (Å²) in [6.07, 6.45) is 1.69. The summed E-state index contributed by atoms with van der Waals surface area (Å²) < 4.78 is 0. The molecule has 2 aromatic heterocycles. The van der Waals surface area contributed by atoms with E-state index in [0.717, 1.165) is 16.4 Å². The topological polar surface area (TPSA) is 63.8 Å². The highest BCUT2D eigenvalue weighted by Crippen LogP contribution is 2.25. The van der Waals surface area contributed by atoms with Crippen LogP contribution in [0.25, 0.3) is 0 Å². The van der Waals surface area contributed by atoms with Crippen LogP contribution in [0, 0.1) is 13.8 Å². The quantitative estimate of drug-likeness (QED) is 0.834. The lowest BCUT2D eigenvalue weighted by Crippen LogP contribution is -2.12. The number of hydrogen-bond acceptors (Lipinski definition) is 5. The van der Waals surface area contributed by atoms with Gasteiger partial charge in [-0.05, 0) is 26.0 Å². The Bertz CT molecular complexity index is 543. The first-order valence-corrected chi connectivity index (χ1v) is 6.26. The number of aromatic nitrogens is 2. The maximum Gasteiger partial charge on any atom is 0.188 e. The third-order valence-corrected chi connectivity index (χ3v) is 3.54. The fraction of sp³-hybridized carbons (Fsp3) is 0.182. The number of nitrogens with two attached hydrogens (primary N) is 1. The Balaban J connectivity index is 2.33. The van der Waals surface area contributed by atoms with Crippen molar-refractivity contribution in [3.63, 3.8) is 0 Å². The summed E-state index contributed by atoms with van der Waals surface area (Å²) in [7, 11) is 0. The molecule has 17 heavy (non-hydrogen) atoms. The van der Waals surface area contributed by atoms with Gasteiger partial charge in [-0.2, -0.15) is 0 Å². The Labute approximate surface area is 109 Å². The first kappa shape index (κ1) is 11.9. The van der Waals surface area contributed by atoms with Gasteiger partial charge in [-0.15, -0.1) is 11.3 Å². The fourth-order valence-corrected chi connectivity index (χ4v) is 2.31. The summed E-state index contributed by atoms with van der Waals surface area (Å²) in [6, 6.07) is 3.64. The van der Waals surface area contributed by atoms with Crippen LogP contribution in [0.3, 0.4) is 0 Å². The third-order valence-electron chi connectivity index (χ3n) is 2.33. The molecular weight excluding hydrogens is 252 g/mol. The molecule has 0 aliphatic carbocycles. The molecule has 2 rings (SSSR count). The molecule has 0 aliphatic rings. The van der Waals surface area contributed by atoms with Crippen LogP contribution >= 0.6 is 23.6 Å². The average molecular weight is 264 g/mol. The Morgan fingerprint density at radius 1 is 1.47 bits per heavy atom. The number of pyridine rings is 1. The zero-order chi connectivity index (χ0) is 12.4. The molecule has 0 aromatic carbocycles. The minimum absolute atomic E-state index is 0.325. The van der Waals surface area contributed by atoms with Gasteiger partial charge in [0.1, 0.15) is 10.8 Å². The molecule has 0 spiro atoms. The number of thiocarbonyl (C=S) groups is 1. The minimum atomic E-state index is 0.325. The van der Waals surface area contributed by atoms with E-state index in [1.165, 1.54) is 4.88 Å². The first-order valence-electron chi connectivity index (χ1n) is 5.04. The van der Waals surface area contributed by atoms with E-state index in [1.54, 1.807) is 23.6 Å². The molecule has 0 saturated heterocycles. The van der Waals surface area contributed by atoms with E-state index < -0.39 is 0 Å². The van der Waals surface area contributed by atoms with Crippen molar-refractivity contribution in [3.8, 4) is 0 Å². The maximum absolute atomic E-state index is 5.64. The highest BCUT2D eigenvalue weighted by Gasteiger charge is 2.09. The molecule has 0 saturated carbocycles. The van der Waals surface area contributed by atoms with E-state index in [0.29, 0.717) is 10.8 Å². The smallest absolute Gasteiger partial charge is 0.188 e. The molecule has 0 fully saturated rings. The molecule has 2 heterocycles. The largest absolute Gasteiger partial charge is 0.389 e. The molecule has 0 radical (unpaired) electrons. The van der Waals surface area contributed by atoms with E-state index in [-0.39, 0.29) is 0 Å². The summed E-state index contributed by atoms with van der Waals surface area (Å²) in [5.74, 6) is 0.647. The molecule has 4 nitrogen and oxygen atoms in total. The van der Waals surface area contributed by atoms with Crippen molar-refractivity contribution < 1.29 is 0 Å². The van der Waals surface area contributed by atoms with Crippen molar-refractivity contribution in [3.05, 3.63) is 34.5 Å². The van der Waals surface area contributed by atoms with Crippen LogP contribution in [0.4, 0.5) is 10.9 Å². The van der Waals surface area contributed by atoms with Crippen LogP contribution < -0.4 is 11.1 Å². The minimum Gasteiger partial charge on any atom is -0.389 e. The summed E-state index contributed by atoms with van der Waals surface area (Å²) in [5, 5.41) is 3.95. The molecule has 0 bridgehead atoms. The van der Waals surface area contributed by atoms with Gasteiger partial charge in [-0.25, -0.2) is 9.97 Å². The van der Waals surface area contributed by atoms with Gasteiger partial charge in [0.2, 0.25) is 0 Å². The predicted octanol–water partition coefficient (Wildman–Crippen LogP) is 2.53. The van der Waals surface area contributed by atoms with Crippen molar-refractivity contribution in [2.75, 3.05) is 5.32 Å². The van der Waals surface area contributed by atoms with Crippen molar-refractivity contribution in [2.45, 2.75) is 13.8 Å². The van der Waals surface area contributed by atoms with Gasteiger partial charge in [0, 0.05) is 11.1 Å². The monoisotopic (exact) mass is 264 g/mol. The number of hydrogen-bond donors (Lipinski definition) is 2. The highest BCUT2D eigenvalue weighted by atomic mass is 32.1. The van der Waals surface area contributed by atoms with Crippen molar-refractivity contribution in [1.82, 2.24) is 9.97 Å². The summed E-state index contributed by atoms with van der Waals surface area (Å²) >= 11 is 6.56. The van der Waals surface area contributed by atoms with Gasteiger partial charge >= 0.3 is 0 Å². The fourth-order valence-electron chi connectivity index (χ4n) is 1.33. The Morgan fingerprint density at radius 3 is 2.82 bits per heavy atom. The Hall–Kier alpha value is -1.53. The molecule has 6 heteroatoms. The average Bonchev–Trinajstić information content (AvgIpc) is 2.58. The lowest BCUT2D eigenvalue weighted by Gasteiger charge is -2.06. The second-order valence-corrected chi connectivity index (χ2v) is 5.19. The van der Waals surface area contributed by atoms with Crippen LogP contribution in [0.2, 0.25) is 0 Å². The maximum atomic E-state index is 5.64. The number of rotatable bonds is 3. The van der Waals surface area contributed by atoms with Crippen LogP contribution in [0.1, 0.15) is 16.1 Å². The van der Waals surface area contributed by atoms with Gasteiger partial charge in [-0.3, -0.25) is 0 Å². The molecule has 0 atom stereocenters. The van der Waals surface area contributed by atoms with Crippen LogP contribution in [-0.4, -0.2) is 15.0 Å². The number of aryl methyl sites for hydroxylation is 2. The third kappa shape index (κ3) is 2.59. The first-order chi connectivity index (χ1) is 8.08. The van der Waals surface area contributed by atoms with Gasteiger partial charge in [0.15, 0.2) is 5.13 Å². The van der Waals surface area contributed by atoms with E-state index in [9.17, 15) is 0 Å². The molecular formula is C11H12N4S2. The summed E-state index contributed by atoms with van der Waals surface area (Å²) in [5.41, 5.74) is 7.39. The molecule has 0 aliphatic heterocycles. The van der Waals surface area contributed by atoms with Gasteiger partial charge in [0.25, 0.3) is 0 Å². The molecule has 88 valence electrons. The number of nitrogens with zero attached hydrogens (tertiary/aromatic N) is 2. The summed E-state index contributed by atoms with van der Waals surface area (Å²) in [6.45, 7) is 4.01. The molecule has 3 N–H and O–H groups in total. The van der Waals surface area contributed by atoms with Crippen LogP contribution in [0.5, 0.6) is 0 Å². The number of thiazole rings is 1. The molecule has 2 aromatic rings. The van der Waals surface area contributed by atoms with E-state index in [2.05, 4.69) is 15.3 Å². The van der Waals surface area contributed by atoms with Gasteiger partial charge < -0.3 is 11.1 Å². The number of anilines is 2. The molecule has 0 unspecified atom stereocenters. The lowest BCUT2D eigenvalue weighted by molar-refractivity contribution is 1.21. The number of nitrogens with one attached hydrogen (secondary N) is 1. The van der Waals surface area contributed by atoms with Crippen molar-refractivity contribution in [1.29, 1.82) is 0 Å². The molecule has 0 amide bonds. The lowest BCUT2D eigenvalue weighted by atomic mass is 10.2. The normalized spacial score (nSPS) is 10.2. The zero-order valence-electron chi connectivity index (χ0n) is 9.52. The van der Waals surface area contributed by atoms with Crippen LogP contribution in [-0.2, 0) is 0 Å². The second kappa shape index (κ2) is 4.77. The van der Waals surface area contributed by atoms with E-state index in [4.69, 9.17) is 18.0 Å².